The molecular formula is C68H97F2N13O14S. The number of fused-ring (bicyclic) bond motifs is 1. The Bertz CT molecular complexity index is 3190. The molecule has 0 aliphatic carbocycles. The lowest BCUT2D eigenvalue weighted by Crippen LogP contribution is -2.51. The van der Waals surface area contributed by atoms with E-state index in [0.29, 0.717) is 88.1 Å². The largest absolute Gasteiger partial charge is 0.494 e. The number of aliphatic carboxylic acids is 3. The maximum Gasteiger partial charge on any atom is 0.317 e. The second-order valence-corrected chi connectivity index (χ2v) is 27.4. The molecule has 30 heteroatoms. The minimum atomic E-state index is -3.05. The van der Waals surface area contributed by atoms with Gasteiger partial charge in [0.1, 0.15) is 5.75 Å². The zero-order valence-corrected chi connectivity index (χ0v) is 57.2. The Labute approximate surface area is 575 Å². The van der Waals surface area contributed by atoms with Gasteiger partial charge in [-0.3, -0.25) is 87.3 Å². The number of aromatic nitrogens is 1. The molecule has 0 saturated carbocycles. The van der Waals surface area contributed by atoms with Gasteiger partial charge in [-0.15, -0.1) is 11.8 Å². The highest BCUT2D eigenvalue weighted by Crippen LogP contribution is 2.34. The molecule has 3 unspecified atom stereocenters. The third-order valence-electron chi connectivity index (χ3n) is 18.1. The molecule has 7 rings (SSSR count). The molecule has 4 aliphatic heterocycles. The number of carbonyl (C=O) groups is 10. The first-order chi connectivity index (χ1) is 46.9. The number of hydrogen-bond acceptors (Lipinski definition) is 19. The van der Waals surface area contributed by atoms with Crippen molar-refractivity contribution in [2.45, 2.75) is 107 Å². The molecule has 6 N–H and O–H groups in total. The number of benzene rings is 2. The minimum absolute atomic E-state index is 0.0221. The summed E-state index contributed by atoms with van der Waals surface area (Å²) in [7, 11) is 0. The highest BCUT2D eigenvalue weighted by atomic mass is 32.2. The molecule has 0 bridgehead atoms. The third-order valence-corrected chi connectivity index (χ3v) is 19.6. The van der Waals surface area contributed by atoms with E-state index in [9.17, 15) is 72.0 Å². The quantitative estimate of drug-likeness (QED) is 0.0277. The highest BCUT2D eigenvalue weighted by Gasteiger charge is 2.47. The summed E-state index contributed by atoms with van der Waals surface area (Å²) in [5.41, 5.74) is 3.11. The Morgan fingerprint density at radius 2 is 1.36 bits per heavy atom. The zero-order chi connectivity index (χ0) is 70.7. The molecule has 4 atom stereocenters. The Balaban J connectivity index is 0.867. The number of alkyl halides is 2. The van der Waals surface area contributed by atoms with Gasteiger partial charge in [-0.05, 0) is 88.5 Å². The number of likely N-dealkylation sites (tertiary alicyclic amines) is 2. The number of amides is 7. The van der Waals surface area contributed by atoms with Gasteiger partial charge in [-0.2, -0.15) is 0 Å². The van der Waals surface area contributed by atoms with Gasteiger partial charge in [0.15, 0.2) is 0 Å². The summed E-state index contributed by atoms with van der Waals surface area (Å²) in [6, 6.07) is 14.1. The second kappa shape index (κ2) is 39.1. The normalized spacial score (nSPS) is 19.3. The number of aliphatic imine (C=N–C) groups is 1. The maximum atomic E-state index is 14.2. The van der Waals surface area contributed by atoms with Crippen LogP contribution in [0.15, 0.2) is 59.7 Å². The third kappa shape index (κ3) is 25.8. The monoisotopic (exact) mass is 1390 g/mol. The molecule has 4 aliphatic rings. The summed E-state index contributed by atoms with van der Waals surface area (Å²) in [6.07, 6.45) is 6.99. The Kier molecular flexibility index (Phi) is 31.0. The first-order valence-corrected chi connectivity index (χ1v) is 34.9. The molecule has 5 heterocycles. The summed E-state index contributed by atoms with van der Waals surface area (Å²) in [6.45, 7) is 10.5. The molecule has 27 nitrogen and oxygen atoms in total. The van der Waals surface area contributed by atoms with E-state index in [1.165, 1.54) is 40.1 Å². The van der Waals surface area contributed by atoms with Crippen LogP contribution in [0.5, 0.6) is 5.75 Å². The maximum absolute atomic E-state index is 14.2. The molecule has 2 aromatic carbocycles. The first kappa shape index (κ1) is 77.6. The lowest BCUT2D eigenvalue weighted by atomic mass is 10.1. The van der Waals surface area contributed by atoms with Crippen molar-refractivity contribution >= 4 is 88.6 Å². The molecule has 0 radical (unpaired) electrons. The summed E-state index contributed by atoms with van der Waals surface area (Å²) in [4.78, 5) is 151. The van der Waals surface area contributed by atoms with E-state index >= 15 is 0 Å². The van der Waals surface area contributed by atoms with E-state index in [4.69, 9.17) is 4.74 Å². The molecule has 538 valence electrons. The van der Waals surface area contributed by atoms with E-state index in [0.717, 1.165) is 37.1 Å². The Morgan fingerprint density at radius 1 is 0.735 bits per heavy atom. The van der Waals surface area contributed by atoms with Crippen LogP contribution >= 0.6 is 11.8 Å². The van der Waals surface area contributed by atoms with Crippen LogP contribution in [0, 0.1) is 12.8 Å². The fourth-order valence-corrected chi connectivity index (χ4v) is 14.1. The Hall–Kier alpha value is -7.77. The van der Waals surface area contributed by atoms with Crippen LogP contribution in [0.3, 0.4) is 0 Å². The SMILES string of the molecule is C=NC[C@H]1CC(F)(F)CN1C(=O)CNC(=O)c1ccnc2ccc(OCCCCN3CCN(C(=O)C(C)CN4C(=O)CC(SC(CCCCCNC(=O)CCCc5ccc(C)cc5)CNC(=O)CN5CCN(CC(=O)O)CCN(CC(=O)O)CCN(CC(=O)O)CC5)C4=O)CC3)cc12. The molecule has 4 fully saturated rings. The number of imide groups is 1. The van der Waals surface area contributed by atoms with Gasteiger partial charge in [-0.1, -0.05) is 49.6 Å². The number of nitrogens with zero attached hydrogens (tertiary/aromatic N) is 10. The van der Waals surface area contributed by atoms with Gasteiger partial charge in [0.05, 0.1) is 80.7 Å². The standard InChI is InChI=1S/C68H97F2N13O14S/c1-48-13-15-50(16-14-48)10-9-12-58(84)73-20-6-4-5-11-53(40-74-59(85)43-77-23-25-78(44-62(88)89)27-29-80(46-64(92)93)30-28-79(26-24-77)45-63(90)91)98-57-37-60(86)82(67(57)96)42-49(2)66(95)81-33-31-76(32-34-81)22-7-8-35-97-52-17-18-56-55(36-52)54(19-21-72-56)65(94)75-41-61(87)83-47-68(69,70)38-51(83)39-71-3/h13-19,21,36,49,51,53,57H,3-12,20,22-35,37-47H2,1-2H3,(H,73,84)(H,74,85)(H,75,94)(H,88,89)(H,90,91)(H,92,93)/t49?,51-,53?,57?/m1/s1. The van der Waals surface area contributed by atoms with Crippen LogP contribution < -0.4 is 20.7 Å². The van der Waals surface area contributed by atoms with Crippen molar-refractivity contribution in [1.82, 2.24) is 60.1 Å². The number of thioether (sulfide) groups is 1. The molecule has 0 spiro atoms. The number of pyridine rings is 1. The van der Waals surface area contributed by atoms with Crippen LogP contribution in [0.1, 0.15) is 92.6 Å². The highest BCUT2D eigenvalue weighted by molar-refractivity contribution is 8.01. The summed E-state index contributed by atoms with van der Waals surface area (Å²) in [5, 5.41) is 37.0. The summed E-state index contributed by atoms with van der Waals surface area (Å²) < 4.78 is 34.4. The number of halogens is 2. The number of carboxylic acids is 3. The molecular weight excluding hydrogens is 1290 g/mol. The van der Waals surface area contributed by atoms with Crippen molar-refractivity contribution in [3.63, 3.8) is 0 Å². The fraction of sp³-hybridized carbons (Fsp3) is 0.618. The van der Waals surface area contributed by atoms with Crippen LogP contribution in [0.2, 0.25) is 0 Å². The van der Waals surface area contributed by atoms with E-state index in [1.807, 2.05) is 11.8 Å². The Morgan fingerprint density at radius 3 is 1.98 bits per heavy atom. The summed E-state index contributed by atoms with van der Waals surface area (Å²) in [5.74, 6) is -8.97. The number of rotatable bonds is 36. The minimum Gasteiger partial charge on any atom is -0.494 e. The van der Waals surface area contributed by atoms with Crippen molar-refractivity contribution in [3.05, 3.63) is 71.4 Å². The van der Waals surface area contributed by atoms with Crippen LogP contribution in [-0.4, -0.2) is 305 Å². The number of nitrogens with one attached hydrogen (secondary N) is 3. The van der Waals surface area contributed by atoms with Gasteiger partial charge >= 0.3 is 17.9 Å². The predicted molar refractivity (Wildman–Crippen MR) is 364 cm³/mol. The molecule has 3 aromatic rings. The number of unbranched alkanes of at least 4 members (excludes halogenated alkanes) is 3. The average Bonchev–Trinajstić information content (AvgIpc) is 1.80. The number of hydrogen-bond donors (Lipinski definition) is 6. The molecule has 4 saturated heterocycles. The van der Waals surface area contributed by atoms with E-state index in [1.54, 1.807) is 44.7 Å². The average molecular weight is 1390 g/mol. The van der Waals surface area contributed by atoms with E-state index in [2.05, 4.69) is 61.8 Å². The number of aryl methyl sites for hydroxylation is 2. The van der Waals surface area contributed by atoms with E-state index in [-0.39, 0.29) is 139 Å². The van der Waals surface area contributed by atoms with Gasteiger partial charge in [0.25, 0.3) is 11.8 Å². The van der Waals surface area contributed by atoms with Gasteiger partial charge in [0, 0.05) is 134 Å². The number of piperazine rings is 1. The lowest BCUT2D eigenvalue weighted by Gasteiger charge is -2.36. The first-order valence-electron chi connectivity index (χ1n) is 34.0. The topological polar surface area (TPSA) is 328 Å². The van der Waals surface area contributed by atoms with Crippen molar-refractivity contribution in [2.24, 2.45) is 10.9 Å². The molecule has 7 amide bonds. The van der Waals surface area contributed by atoms with Crippen molar-refractivity contribution in [3.8, 4) is 5.75 Å². The second-order valence-electron chi connectivity index (χ2n) is 25.9. The van der Waals surface area contributed by atoms with Crippen LogP contribution in [-0.2, 0) is 49.6 Å². The van der Waals surface area contributed by atoms with E-state index < -0.39 is 78.3 Å². The van der Waals surface area contributed by atoms with Crippen molar-refractivity contribution in [2.75, 3.05) is 157 Å². The number of carboxylic acid groups (broad SMARTS) is 3. The van der Waals surface area contributed by atoms with Gasteiger partial charge in [-0.25, -0.2) is 8.78 Å². The zero-order valence-electron chi connectivity index (χ0n) is 56.4. The van der Waals surface area contributed by atoms with Crippen LogP contribution in [0.25, 0.3) is 10.9 Å². The molecule has 98 heavy (non-hydrogen) atoms. The van der Waals surface area contributed by atoms with Crippen LogP contribution in [0.4, 0.5) is 8.78 Å². The van der Waals surface area contributed by atoms with Crippen molar-refractivity contribution < 1.29 is 76.8 Å². The fourth-order valence-electron chi connectivity index (χ4n) is 12.6. The number of ether oxygens (including phenoxy) is 1. The molecule has 1 aromatic heterocycles. The lowest BCUT2D eigenvalue weighted by molar-refractivity contribution is -0.143. The predicted octanol–water partition coefficient (Wildman–Crippen LogP) is 2.67. The van der Waals surface area contributed by atoms with Gasteiger partial charge in [0.2, 0.25) is 35.4 Å². The number of carbonyl (C=O) groups excluding carboxylic acids is 7. The van der Waals surface area contributed by atoms with Crippen molar-refractivity contribution in [1.29, 1.82) is 0 Å². The smallest absolute Gasteiger partial charge is 0.317 e. The van der Waals surface area contributed by atoms with Gasteiger partial charge < -0.3 is 45.8 Å². The summed E-state index contributed by atoms with van der Waals surface area (Å²) >= 11 is 1.32.